The molecule has 0 aromatic rings. The Hall–Kier alpha value is -0.120. The Labute approximate surface area is 114 Å². The lowest BCUT2D eigenvalue weighted by molar-refractivity contribution is 0.0472. The highest BCUT2D eigenvalue weighted by Gasteiger charge is 2.02. The van der Waals surface area contributed by atoms with Crippen molar-refractivity contribution >= 4 is 0 Å². The fraction of sp³-hybridized carbons (Fsp3) is 1.00. The lowest BCUT2D eigenvalue weighted by Crippen LogP contribution is -2.30. The molecule has 3 nitrogen and oxygen atoms in total. The third kappa shape index (κ3) is 13.9. The molecule has 1 N–H and O–H groups in total. The molecule has 1 unspecified atom stereocenters. The minimum absolute atomic E-state index is 0.594. The smallest absolute Gasteiger partial charge is 0.0701 e. The maximum absolute atomic E-state index is 5.50. The summed E-state index contributed by atoms with van der Waals surface area (Å²) in [5.74, 6) is 0.797. The molecule has 0 aliphatic carbocycles. The molecule has 0 saturated carbocycles. The van der Waals surface area contributed by atoms with E-state index >= 15 is 0 Å². The van der Waals surface area contributed by atoms with Gasteiger partial charge in [0.05, 0.1) is 19.8 Å². The Morgan fingerprint density at radius 2 is 1.56 bits per heavy atom. The van der Waals surface area contributed by atoms with Crippen molar-refractivity contribution in [3.63, 3.8) is 0 Å². The second-order valence-electron chi connectivity index (χ2n) is 5.40. The first-order valence-corrected chi connectivity index (χ1v) is 7.55. The average molecular weight is 259 g/mol. The van der Waals surface area contributed by atoms with Gasteiger partial charge in [0.2, 0.25) is 0 Å². The number of hydrogen-bond donors (Lipinski definition) is 1. The van der Waals surface area contributed by atoms with E-state index in [-0.39, 0.29) is 0 Å². The van der Waals surface area contributed by atoms with Gasteiger partial charge < -0.3 is 14.8 Å². The Morgan fingerprint density at radius 1 is 0.889 bits per heavy atom. The van der Waals surface area contributed by atoms with E-state index in [0.717, 1.165) is 38.7 Å². The van der Waals surface area contributed by atoms with E-state index in [9.17, 15) is 0 Å². The molecule has 0 fully saturated rings. The highest BCUT2D eigenvalue weighted by Crippen LogP contribution is 2.05. The van der Waals surface area contributed by atoms with Crippen LogP contribution in [-0.4, -0.2) is 39.0 Å². The Morgan fingerprint density at radius 3 is 2.17 bits per heavy atom. The maximum Gasteiger partial charge on any atom is 0.0701 e. The lowest BCUT2D eigenvalue weighted by atomic mass is 10.0. The fourth-order valence-electron chi connectivity index (χ4n) is 1.63. The molecule has 0 rings (SSSR count). The highest BCUT2D eigenvalue weighted by atomic mass is 16.5. The van der Waals surface area contributed by atoms with Crippen LogP contribution in [0.4, 0.5) is 0 Å². The van der Waals surface area contributed by atoms with E-state index in [4.69, 9.17) is 9.47 Å². The minimum Gasteiger partial charge on any atom is -0.379 e. The highest BCUT2D eigenvalue weighted by molar-refractivity contribution is 4.61. The predicted molar refractivity (Wildman–Crippen MR) is 78.1 cm³/mol. The number of nitrogens with one attached hydrogen (secondary N) is 1. The van der Waals surface area contributed by atoms with Gasteiger partial charge in [0.15, 0.2) is 0 Å². The Bertz CT molecular complexity index is 163. The zero-order chi connectivity index (χ0) is 13.6. The fourth-order valence-corrected chi connectivity index (χ4v) is 1.63. The summed E-state index contributed by atoms with van der Waals surface area (Å²) in [6, 6.07) is 0.594. The monoisotopic (exact) mass is 259 g/mol. The summed E-state index contributed by atoms with van der Waals surface area (Å²) in [5, 5.41) is 3.48. The third-order valence-electron chi connectivity index (χ3n) is 2.93. The maximum atomic E-state index is 5.50. The van der Waals surface area contributed by atoms with Crippen molar-refractivity contribution < 1.29 is 9.47 Å². The van der Waals surface area contributed by atoms with Crippen LogP contribution in [0, 0.1) is 5.92 Å². The molecule has 18 heavy (non-hydrogen) atoms. The summed E-state index contributed by atoms with van der Waals surface area (Å²) in [6.45, 7) is 13.0. The van der Waals surface area contributed by atoms with E-state index in [1.807, 2.05) is 0 Å². The van der Waals surface area contributed by atoms with Crippen LogP contribution in [0.1, 0.15) is 53.4 Å². The molecule has 0 saturated heterocycles. The van der Waals surface area contributed by atoms with Gasteiger partial charge in [-0.3, -0.25) is 0 Å². The van der Waals surface area contributed by atoms with Crippen LogP contribution >= 0.6 is 0 Å². The molecule has 0 aliphatic rings. The SMILES string of the molecule is CCCCOCCOCCNC(C)CCC(C)C. The summed E-state index contributed by atoms with van der Waals surface area (Å²) in [4.78, 5) is 0. The molecule has 0 heterocycles. The first-order chi connectivity index (χ1) is 8.66. The molecule has 0 aliphatic heterocycles. The normalized spacial score (nSPS) is 13.2. The third-order valence-corrected chi connectivity index (χ3v) is 2.93. The van der Waals surface area contributed by atoms with Gasteiger partial charge in [-0.1, -0.05) is 27.2 Å². The summed E-state index contributed by atoms with van der Waals surface area (Å²) < 4.78 is 10.9. The van der Waals surface area contributed by atoms with Crippen LogP contribution < -0.4 is 5.32 Å². The largest absolute Gasteiger partial charge is 0.379 e. The molecule has 0 spiro atoms. The van der Waals surface area contributed by atoms with Crippen LogP contribution in [0.5, 0.6) is 0 Å². The van der Waals surface area contributed by atoms with E-state index in [2.05, 4.69) is 33.0 Å². The zero-order valence-corrected chi connectivity index (χ0v) is 12.8. The van der Waals surface area contributed by atoms with Crippen molar-refractivity contribution in [2.45, 2.75) is 59.4 Å². The molecule has 1 atom stereocenters. The molecule has 0 radical (unpaired) electrons. The van der Waals surface area contributed by atoms with Gasteiger partial charge in [-0.15, -0.1) is 0 Å². The summed E-state index contributed by atoms with van der Waals surface area (Å²) in [7, 11) is 0. The van der Waals surface area contributed by atoms with Gasteiger partial charge in [0, 0.05) is 19.2 Å². The molecular formula is C15H33NO2. The van der Waals surface area contributed by atoms with Gasteiger partial charge >= 0.3 is 0 Å². The molecule has 0 bridgehead atoms. The van der Waals surface area contributed by atoms with E-state index in [0.29, 0.717) is 12.6 Å². The quantitative estimate of drug-likeness (QED) is 0.515. The van der Waals surface area contributed by atoms with Crippen molar-refractivity contribution in [3.05, 3.63) is 0 Å². The van der Waals surface area contributed by atoms with Crippen LogP contribution in [-0.2, 0) is 9.47 Å². The van der Waals surface area contributed by atoms with Crippen molar-refractivity contribution in [2.24, 2.45) is 5.92 Å². The van der Waals surface area contributed by atoms with Crippen LogP contribution in [0.25, 0.3) is 0 Å². The lowest BCUT2D eigenvalue weighted by Gasteiger charge is -2.15. The van der Waals surface area contributed by atoms with Gasteiger partial charge in [-0.2, -0.15) is 0 Å². The van der Waals surface area contributed by atoms with Crippen LogP contribution in [0.15, 0.2) is 0 Å². The minimum atomic E-state index is 0.594. The summed E-state index contributed by atoms with van der Waals surface area (Å²) in [5.41, 5.74) is 0. The van der Waals surface area contributed by atoms with Crippen LogP contribution in [0.3, 0.4) is 0 Å². The number of hydrogen-bond acceptors (Lipinski definition) is 3. The Balaban J connectivity index is 3.10. The first kappa shape index (κ1) is 17.9. The van der Waals surface area contributed by atoms with Gasteiger partial charge in [0.25, 0.3) is 0 Å². The first-order valence-electron chi connectivity index (χ1n) is 7.55. The summed E-state index contributed by atoms with van der Waals surface area (Å²) >= 11 is 0. The summed E-state index contributed by atoms with van der Waals surface area (Å²) in [6.07, 6.45) is 4.88. The number of rotatable bonds is 13. The Kier molecular flexibility index (Phi) is 13.2. The molecule has 110 valence electrons. The van der Waals surface area contributed by atoms with Crippen molar-refractivity contribution in [1.82, 2.24) is 5.32 Å². The molecule has 0 aromatic heterocycles. The molecule has 0 amide bonds. The van der Waals surface area contributed by atoms with Crippen LogP contribution in [0.2, 0.25) is 0 Å². The van der Waals surface area contributed by atoms with E-state index < -0.39 is 0 Å². The van der Waals surface area contributed by atoms with Gasteiger partial charge in [0.1, 0.15) is 0 Å². The topological polar surface area (TPSA) is 30.5 Å². The van der Waals surface area contributed by atoms with E-state index in [1.165, 1.54) is 19.3 Å². The predicted octanol–water partition coefficient (Wildman–Crippen LogP) is 3.23. The van der Waals surface area contributed by atoms with E-state index in [1.54, 1.807) is 0 Å². The van der Waals surface area contributed by atoms with Crippen molar-refractivity contribution in [1.29, 1.82) is 0 Å². The average Bonchev–Trinajstić information content (AvgIpc) is 2.34. The van der Waals surface area contributed by atoms with Crippen molar-refractivity contribution in [2.75, 3.05) is 33.0 Å². The molecular weight excluding hydrogens is 226 g/mol. The second-order valence-corrected chi connectivity index (χ2v) is 5.40. The van der Waals surface area contributed by atoms with Gasteiger partial charge in [-0.25, -0.2) is 0 Å². The van der Waals surface area contributed by atoms with Gasteiger partial charge in [-0.05, 0) is 32.1 Å². The standard InChI is InChI=1S/C15H33NO2/c1-5-6-10-17-12-13-18-11-9-16-15(4)8-7-14(2)3/h14-16H,5-13H2,1-4H3. The van der Waals surface area contributed by atoms with Crippen molar-refractivity contribution in [3.8, 4) is 0 Å². The second kappa shape index (κ2) is 13.3. The molecule has 3 heteroatoms. The molecule has 0 aromatic carbocycles. The number of unbranched alkanes of at least 4 members (excludes halogenated alkanes) is 1. The number of ether oxygens (including phenoxy) is 2. The zero-order valence-electron chi connectivity index (χ0n) is 12.8.